The fourth-order valence-corrected chi connectivity index (χ4v) is 2.99. The molecule has 162 valence electrons. The van der Waals surface area contributed by atoms with Crippen LogP contribution in [0.25, 0.3) is 11.3 Å². The molecule has 0 aliphatic heterocycles. The van der Waals surface area contributed by atoms with Gasteiger partial charge in [-0.25, -0.2) is 9.67 Å². The van der Waals surface area contributed by atoms with Gasteiger partial charge in [0, 0.05) is 37.3 Å². The monoisotopic (exact) mass is 431 g/mol. The Morgan fingerprint density at radius 3 is 2.56 bits per heavy atom. The Bertz CT molecular complexity index is 1310. The fourth-order valence-electron chi connectivity index (χ4n) is 2.99. The molecule has 0 fully saturated rings. The number of pyridine rings is 2. The summed E-state index contributed by atoms with van der Waals surface area (Å²) in [6, 6.07) is 8.03. The van der Waals surface area contributed by atoms with Crippen LogP contribution < -0.4 is 15.6 Å². The lowest BCUT2D eigenvalue weighted by Crippen LogP contribution is -2.31. The van der Waals surface area contributed by atoms with Crippen LogP contribution in [-0.2, 0) is 7.05 Å². The van der Waals surface area contributed by atoms with Gasteiger partial charge in [-0.1, -0.05) is 0 Å². The summed E-state index contributed by atoms with van der Waals surface area (Å²) in [5.41, 5.74) is 1.15. The van der Waals surface area contributed by atoms with Crippen LogP contribution in [0.2, 0.25) is 0 Å². The average Bonchev–Trinajstić information content (AvgIpc) is 3.21. The first-order valence-electron chi connectivity index (χ1n) is 9.89. The van der Waals surface area contributed by atoms with Gasteiger partial charge in [-0.05, 0) is 38.1 Å². The van der Waals surface area contributed by atoms with Crippen molar-refractivity contribution in [1.82, 2.24) is 29.5 Å². The maximum Gasteiger partial charge on any atom is 0.279 e. The molecule has 4 heterocycles. The Morgan fingerprint density at radius 2 is 1.88 bits per heavy atom. The quantitative estimate of drug-likeness (QED) is 0.499. The van der Waals surface area contributed by atoms with Crippen molar-refractivity contribution in [3.8, 4) is 22.8 Å². The number of hydrogen-bond acceptors (Lipinski definition) is 7. The molecule has 0 spiro atoms. The van der Waals surface area contributed by atoms with E-state index in [0.717, 1.165) is 11.3 Å². The van der Waals surface area contributed by atoms with Crippen molar-refractivity contribution in [3.63, 3.8) is 0 Å². The first-order chi connectivity index (χ1) is 15.4. The molecule has 10 nitrogen and oxygen atoms in total. The summed E-state index contributed by atoms with van der Waals surface area (Å²) in [6.45, 7) is 3.64. The summed E-state index contributed by atoms with van der Waals surface area (Å²) in [5.74, 6) is 0.810. The van der Waals surface area contributed by atoms with Crippen LogP contribution in [0.1, 0.15) is 30.2 Å². The van der Waals surface area contributed by atoms with Gasteiger partial charge in [-0.15, -0.1) is 0 Å². The lowest BCUT2D eigenvalue weighted by atomic mass is 10.2. The standard InChI is InChI=1S/C22H21N7O3/c1-14(2)29-22(31)18(7-9-25-29)21(30)27-20-5-4-17(12-24-20)32-16-6-8-23-19(10-16)15-11-26-28(3)13-15/h4-14H,1-3H3,(H,24,27,30). The van der Waals surface area contributed by atoms with Gasteiger partial charge < -0.3 is 10.1 Å². The predicted octanol–water partition coefficient (Wildman–Crippen LogP) is 3.06. The number of anilines is 1. The Morgan fingerprint density at radius 1 is 1.03 bits per heavy atom. The van der Waals surface area contributed by atoms with Crippen LogP contribution in [-0.4, -0.2) is 35.4 Å². The van der Waals surface area contributed by atoms with E-state index in [2.05, 4.69) is 25.5 Å². The molecule has 0 radical (unpaired) electrons. The second-order valence-electron chi connectivity index (χ2n) is 7.30. The molecule has 0 aromatic carbocycles. The summed E-state index contributed by atoms with van der Waals surface area (Å²) in [4.78, 5) is 33.5. The van der Waals surface area contributed by atoms with Gasteiger partial charge >= 0.3 is 0 Å². The zero-order chi connectivity index (χ0) is 22.7. The molecule has 0 bridgehead atoms. The van der Waals surface area contributed by atoms with Crippen molar-refractivity contribution in [2.45, 2.75) is 19.9 Å². The van der Waals surface area contributed by atoms with E-state index in [-0.39, 0.29) is 11.6 Å². The largest absolute Gasteiger partial charge is 0.456 e. The molecule has 0 saturated heterocycles. The molecule has 1 N–H and O–H groups in total. The smallest absolute Gasteiger partial charge is 0.279 e. The van der Waals surface area contributed by atoms with Crippen LogP contribution in [0.5, 0.6) is 11.5 Å². The van der Waals surface area contributed by atoms with Crippen LogP contribution in [0, 0.1) is 0 Å². The molecule has 32 heavy (non-hydrogen) atoms. The van der Waals surface area contributed by atoms with Crippen molar-refractivity contribution in [3.05, 3.63) is 77.2 Å². The van der Waals surface area contributed by atoms with E-state index in [1.54, 1.807) is 41.3 Å². The average molecular weight is 431 g/mol. The number of hydrogen-bond donors (Lipinski definition) is 1. The molecule has 0 saturated carbocycles. The van der Waals surface area contributed by atoms with E-state index in [9.17, 15) is 9.59 Å². The molecule has 0 atom stereocenters. The van der Waals surface area contributed by atoms with Crippen molar-refractivity contribution in [1.29, 1.82) is 0 Å². The number of rotatable bonds is 6. The van der Waals surface area contributed by atoms with Gasteiger partial charge in [0.15, 0.2) is 0 Å². The Hall–Kier alpha value is -4.34. The third kappa shape index (κ3) is 4.53. The summed E-state index contributed by atoms with van der Waals surface area (Å²) in [5, 5.41) is 10.8. The number of aromatic nitrogens is 6. The number of nitrogens with zero attached hydrogens (tertiary/aromatic N) is 6. The minimum absolute atomic E-state index is 0.00413. The molecule has 4 aromatic rings. The van der Waals surface area contributed by atoms with Crippen LogP contribution in [0.15, 0.2) is 66.1 Å². The number of amides is 1. The Labute approximate surface area is 183 Å². The van der Waals surface area contributed by atoms with E-state index < -0.39 is 11.5 Å². The molecule has 1 amide bonds. The molecular formula is C22H21N7O3. The molecule has 10 heteroatoms. The highest BCUT2D eigenvalue weighted by atomic mass is 16.5. The number of carbonyl (C=O) groups is 1. The van der Waals surface area contributed by atoms with Crippen molar-refractivity contribution < 1.29 is 9.53 Å². The van der Waals surface area contributed by atoms with Crippen molar-refractivity contribution in [2.75, 3.05) is 5.32 Å². The number of aryl methyl sites for hydroxylation is 1. The second-order valence-corrected chi connectivity index (χ2v) is 7.30. The SMILES string of the molecule is CC(C)n1nccc(C(=O)Nc2ccc(Oc3ccnc(-c4cnn(C)c4)c3)cn2)c1=O. The van der Waals surface area contributed by atoms with E-state index >= 15 is 0 Å². The predicted molar refractivity (Wildman–Crippen MR) is 118 cm³/mol. The number of nitrogens with one attached hydrogen (secondary N) is 1. The third-order valence-electron chi connectivity index (χ3n) is 4.55. The van der Waals surface area contributed by atoms with E-state index in [1.165, 1.54) is 23.1 Å². The normalized spacial score (nSPS) is 10.9. The first-order valence-corrected chi connectivity index (χ1v) is 9.89. The highest BCUT2D eigenvalue weighted by Crippen LogP contribution is 2.25. The molecule has 4 rings (SSSR count). The maximum absolute atomic E-state index is 12.5. The summed E-state index contributed by atoms with van der Waals surface area (Å²) >= 11 is 0. The molecular weight excluding hydrogens is 410 g/mol. The highest BCUT2D eigenvalue weighted by Gasteiger charge is 2.15. The second kappa shape index (κ2) is 8.80. The van der Waals surface area contributed by atoms with Crippen molar-refractivity contribution in [2.24, 2.45) is 7.05 Å². The molecule has 0 aliphatic carbocycles. The molecule has 4 aromatic heterocycles. The topological polar surface area (TPSA) is 117 Å². The molecule has 0 unspecified atom stereocenters. The zero-order valence-electron chi connectivity index (χ0n) is 17.8. The van der Waals surface area contributed by atoms with Crippen LogP contribution >= 0.6 is 0 Å². The number of ether oxygens (including phenoxy) is 1. The Balaban J connectivity index is 1.46. The lowest BCUT2D eigenvalue weighted by molar-refractivity contribution is 0.102. The lowest BCUT2D eigenvalue weighted by Gasteiger charge is -2.10. The van der Waals surface area contributed by atoms with Gasteiger partial charge in [-0.2, -0.15) is 10.2 Å². The fraction of sp³-hybridized carbons (Fsp3) is 0.182. The first kappa shape index (κ1) is 20.9. The van der Waals surface area contributed by atoms with Crippen molar-refractivity contribution >= 4 is 11.7 Å². The minimum atomic E-state index is -0.553. The third-order valence-corrected chi connectivity index (χ3v) is 4.55. The summed E-state index contributed by atoms with van der Waals surface area (Å²) < 4.78 is 8.81. The Kier molecular flexibility index (Phi) is 5.75. The molecule has 0 aliphatic rings. The highest BCUT2D eigenvalue weighted by molar-refractivity contribution is 6.03. The van der Waals surface area contributed by atoms with Gasteiger partial charge in [0.2, 0.25) is 0 Å². The van der Waals surface area contributed by atoms with Gasteiger partial charge in [0.1, 0.15) is 22.9 Å². The number of carbonyl (C=O) groups excluding carboxylic acids is 1. The van der Waals surface area contributed by atoms with Crippen LogP contribution in [0.3, 0.4) is 0 Å². The van der Waals surface area contributed by atoms with E-state index in [0.29, 0.717) is 17.3 Å². The van der Waals surface area contributed by atoms with Gasteiger partial charge in [-0.3, -0.25) is 19.3 Å². The maximum atomic E-state index is 12.5. The van der Waals surface area contributed by atoms with E-state index in [4.69, 9.17) is 4.74 Å². The summed E-state index contributed by atoms with van der Waals surface area (Å²) in [7, 11) is 1.84. The van der Waals surface area contributed by atoms with Crippen LogP contribution in [0.4, 0.5) is 5.82 Å². The minimum Gasteiger partial charge on any atom is -0.456 e. The van der Waals surface area contributed by atoms with Gasteiger partial charge in [0.25, 0.3) is 11.5 Å². The van der Waals surface area contributed by atoms with Gasteiger partial charge in [0.05, 0.1) is 24.1 Å². The summed E-state index contributed by atoms with van der Waals surface area (Å²) in [6.07, 6.45) is 8.15. The zero-order valence-corrected chi connectivity index (χ0v) is 17.8. The van der Waals surface area contributed by atoms with E-state index in [1.807, 2.05) is 27.1 Å².